The molecule has 2 aromatic rings. The van der Waals surface area contributed by atoms with Gasteiger partial charge in [-0.1, -0.05) is 5.10 Å². The molecule has 0 unspecified atom stereocenters. The molecule has 23 heavy (non-hydrogen) atoms. The Morgan fingerprint density at radius 1 is 1.43 bits per heavy atom. The van der Waals surface area contributed by atoms with Crippen LogP contribution in [0, 0.1) is 5.92 Å². The van der Waals surface area contributed by atoms with Crippen LogP contribution in [-0.4, -0.2) is 48.2 Å². The highest BCUT2D eigenvalue weighted by atomic mass is 32.2. The average Bonchev–Trinajstić information content (AvgIpc) is 3.17. The Morgan fingerprint density at radius 3 is 2.96 bits per heavy atom. The number of hydrogen-bond acceptors (Lipinski definition) is 7. The SMILES string of the molecule is CS(=O)(=O)N1CCC[C@H](C(=O)Nc2nnc(-c3ccco3)o2)C1. The van der Waals surface area contributed by atoms with E-state index in [4.69, 9.17) is 8.83 Å². The van der Waals surface area contributed by atoms with Crippen molar-refractivity contribution in [2.75, 3.05) is 24.7 Å². The number of carbonyl (C=O) groups is 1. The molecule has 3 heterocycles. The molecule has 0 spiro atoms. The van der Waals surface area contributed by atoms with Crippen molar-refractivity contribution in [1.29, 1.82) is 0 Å². The average molecular weight is 340 g/mol. The predicted octanol–water partition coefficient (Wildman–Crippen LogP) is 0.940. The maximum Gasteiger partial charge on any atom is 0.322 e. The molecule has 2 aromatic heterocycles. The van der Waals surface area contributed by atoms with Gasteiger partial charge in [0.15, 0.2) is 5.76 Å². The van der Waals surface area contributed by atoms with Crippen molar-refractivity contribution in [3.8, 4) is 11.7 Å². The van der Waals surface area contributed by atoms with E-state index in [1.807, 2.05) is 0 Å². The van der Waals surface area contributed by atoms with Crippen LogP contribution in [0.5, 0.6) is 0 Å². The number of nitrogens with one attached hydrogen (secondary N) is 1. The maximum absolute atomic E-state index is 12.3. The van der Waals surface area contributed by atoms with E-state index < -0.39 is 15.9 Å². The van der Waals surface area contributed by atoms with Gasteiger partial charge < -0.3 is 8.83 Å². The fourth-order valence-corrected chi connectivity index (χ4v) is 3.35. The van der Waals surface area contributed by atoms with Crippen LogP contribution in [0.2, 0.25) is 0 Å². The van der Waals surface area contributed by atoms with Crippen molar-refractivity contribution >= 4 is 21.9 Å². The van der Waals surface area contributed by atoms with Crippen LogP contribution >= 0.6 is 0 Å². The first-order valence-electron chi connectivity index (χ1n) is 7.07. The molecule has 9 nitrogen and oxygen atoms in total. The Hall–Kier alpha value is -2.20. The van der Waals surface area contributed by atoms with Gasteiger partial charge in [0.2, 0.25) is 15.9 Å². The zero-order valence-corrected chi connectivity index (χ0v) is 13.2. The van der Waals surface area contributed by atoms with E-state index in [0.29, 0.717) is 25.1 Å². The van der Waals surface area contributed by atoms with Crippen molar-refractivity contribution < 1.29 is 22.0 Å². The van der Waals surface area contributed by atoms with Gasteiger partial charge in [0.25, 0.3) is 5.89 Å². The second-order valence-corrected chi connectivity index (χ2v) is 7.32. The van der Waals surface area contributed by atoms with Crippen LogP contribution in [0.4, 0.5) is 6.01 Å². The minimum atomic E-state index is -3.30. The minimum absolute atomic E-state index is 0.0436. The molecule has 1 fully saturated rings. The zero-order valence-electron chi connectivity index (χ0n) is 12.4. The number of anilines is 1. The lowest BCUT2D eigenvalue weighted by atomic mass is 9.99. The van der Waals surface area contributed by atoms with Crippen molar-refractivity contribution in [2.45, 2.75) is 12.8 Å². The summed E-state index contributed by atoms with van der Waals surface area (Å²) in [7, 11) is -3.30. The number of rotatable bonds is 4. The number of sulfonamides is 1. The summed E-state index contributed by atoms with van der Waals surface area (Å²) >= 11 is 0. The number of amides is 1. The highest BCUT2D eigenvalue weighted by molar-refractivity contribution is 7.88. The quantitative estimate of drug-likeness (QED) is 0.879. The molecule has 10 heteroatoms. The second-order valence-electron chi connectivity index (χ2n) is 5.34. The molecule has 1 amide bonds. The summed E-state index contributed by atoms with van der Waals surface area (Å²) in [5.74, 6) is -0.226. The molecule has 0 radical (unpaired) electrons. The summed E-state index contributed by atoms with van der Waals surface area (Å²) < 4.78 is 34.9. The van der Waals surface area contributed by atoms with Gasteiger partial charge in [-0.3, -0.25) is 10.1 Å². The van der Waals surface area contributed by atoms with Crippen molar-refractivity contribution in [1.82, 2.24) is 14.5 Å². The Kier molecular flexibility index (Phi) is 4.18. The van der Waals surface area contributed by atoms with Crippen LogP contribution < -0.4 is 5.32 Å². The van der Waals surface area contributed by atoms with Crippen LogP contribution in [0.15, 0.2) is 27.2 Å². The number of carbonyl (C=O) groups excluding carboxylic acids is 1. The van der Waals surface area contributed by atoms with E-state index in [0.717, 1.165) is 6.26 Å². The lowest BCUT2D eigenvalue weighted by Crippen LogP contribution is -2.43. The molecule has 1 aliphatic heterocycles. The van der Waals surface area contributed by atoms with Gasteiger partial charge in [0.05, 0.1) is 18.4 Å². The number of hydrogen-bond donors (Lipinski definition) is 1. The van der Waals surface area contributed by atoms with Gasteiger partial charge in [0, 0.05) is 13.1 Å². The normalized spacial score (nSPS) is 19.6. The number of nitrogens with zero attached hydrogens (tertiary/aromatic N) is 3. The smallest absolute Gasteiger partial charge is 0.322 e. The number of piperidine rings is 1. The highest BCUT2D eigenvalue weighted by Crippen LogP contribution is 2.22. The number of aromatic nitrogens is 2. The van der Waals surface area contributed by atoms with E-state index in [9.17, 15) is 13.2 Å². The minimum Gasteiger partial charge on any atom is -0.459 e. The lowest BCUT2D eigenvalue weighted by Gasteiger charge is -2.29. The summed E-state index contributed by atoms with van der Waals surface area (Å²) in [4.78, 5) is 12.3. The standard InChI is InChI=1S/C13H16N4O5S/c1-23(19,20)17-6-2-4-9(8-17)11(18)14-13-16-15-12(22-13)10-5-3-7-21-10/h3,5,7,9H,2,4,6,8H2,1H3,(H,14,16,18)/t9-/m0/s1. The summed E-state index contributed by atoms with van der Waals surface area (Å²) in [6.45, 7) is 0.593. The van der Waals surface area contributed by atoms with E-state index in [-0.39, 0.29) is 24.4 Å². The Bertz CT molecular complexity index is 783. The van der Waals surface area contributed by atoms with Gasteiger partial charge in [0.1, 0.15) is 0 Å². The molecular weight excluding hydrogens is 324 g/mol. The monoisotopic (exact) mass is 340 g/mol. The molecule has 0 aromatic carbocycles. The van der Waals surface area contributed by atoms with Gasteiger partial charge >= 0.3 is 6.01 Å². The third-order valence-electron chi connectivity index (χ3n) is 3.61. The second kappa shape index (κ2) is 6.13. The first kappa shape index (κ1) is 15.7. The molecule has 1 N–H and O–H groups in total. The van der Waals surface area contributed by atoms with Crippen LogP contribution in [0.25, 0.3) is 11.7 Å². The Labute approximate surface area is 132 Å². The van der Waals surface area contributed by atoms with Crippen molar-refractivity contribution in [3.63, 3.8) is 0 Å². The van der Waals surface area contributed by atoms with E-state index >= 15 is 0 Å². The van der Waals surface area contributed by atoms with Crippen LogP contribution in [-0.2, 0) is 14.8 Å². The Balaban J connectivity index is 1.65. The van der Waals surface area contributed by atoms with Crippen LogP contribution in [0.1, 0.15) is 12.8 Å². The summed E-state index contributed by atoms with van der Waals surface area (Å²) in [5, 5.41) is 10.0. The molecular formula is C13H16N4O5S. The van der Waals surface area contributed by atoms with Gasteiger partial charge in [-0.25, -0.2) is 12.7 Å². The fraction of sp³-hybridized carbons (Fsp3) is 0.462. The topological polar surface area (TPSA) is 119 Å². The van der Waals surface area contributed by atoms with Crippen molar-refractivity contribution in [3.05, 3.63) is 18.4 Å². The molecule has 0 saturated carbocycles. The van der Waals surface area contributed by atoms with Crippen molar-refractivity contribution in [2.24, 2.45) is 5.92 Å². The van der Waals surface area contributed by atoms with Gasteiger partial charge in [-0.05, 0) is 25.0 Å². The first-order valence-corrected chi connectivity index (χ1v) is 8.91. The van der Waals surface area contributed by atoms with Crippen LogP contribution in [0.3, 0.4) is 0 Å². The molecule has 124 valence electrons. The van der Waals surface area contributed by atoms with Gasteiger partial charge in [-0.15, -0.1) is 5.10 Å². The lowest BCUT2D eigenvalue weighted by molar-refractivity contribution is -0.121. The summed E-state index contributed by atoms with van der Waals surface area (Å²) in [5.41, 5.74) is 0. The first-order chi connectivity index (χ1) is 10.9. The summed E-state index contributed by atoms with van der Waals surface area (Å²) in [6, 6.07) is 3.29. The third kappa shape index (κ3) is 3.59. The third-order valence-corrected chi connectivity index (χ3v) is 4.88. The zero-order chi connectivity index (χ0) is 16.4. The highest BCUT2D eigenvalue weighted by Gasteiger charge is 2.30. The summed E-state index contributed by atoms with van der Waals surface area (Å²) in [6.07, 6.45) is 3.85. The molecule has 1 saturated heterocycles. The molecule has 3 rings (SSSR count). The predicted molar refractivity (Wildman–Crippen MR) is 79.8 cm³/mol. The van der Waals surface area contributed by atoms with Gasteiger partial charge in [-0.2, -0.15) is 0 Å². The largest absolute Gasteiger partial charge is 0.459 e. The molecule has 1 atom stereocenters. The Morgan fingerprint density at radius 2 is 2.26 bits per heavy atom. The van der Waals surface area contributed by atoms with E-state index in [1.165, 1.54) is 10.6 Å². The number of furan rings is 1. The fourth-order valence-electron chi connectivity index (χ4n) is 2.44. The van der Waals surface area contributed by atoms with E-state index in [1.54, 1.807) is 12.1 Å². The molecule has 1 aliphatic rings. The molecule has 0 bridgehead atoms. The molecule has 0 aliphatic carbocycles. The van der Waals surface area contributed by atoms with E-state index in [2.05, 4.69) is 15.5 Å². The maximum atomic E-state index is 12.3.